The van der Waals surface area contributed by atoms with E-state index in [1.54, 1.807) is 6.07 Å². The molecule has 0 spiro atoms. The summed E-state index contributed by atoms with van der Waals surface area (Å²) in [5.74, 6) is -2.11. The summed E-state index contributed by atoms with van der Waals surface area (Å²) in [4.78, 5) is 22.4. The summed E-state index contributed by atoms with van der Waals surface area (Å²) in [6.45, 7) is 0. The third-order valence-corrected chi connectivity index (χ3v) is 3.84. The van der Waals surface area contributed by atoms with Crippen LogP contribution in [0.2, 0.25) is 0 Å². The number of rotatable bonds is 4. The van der Waals surface area contributed by atoms with Crippen LogP contribution < -0.4 is 5.32 Å². The van der Waals surface area contributed by atoms with Crippen LogP contribution in [-0.4, -0.2) is 23.0 Å². The Morgan fingerprint density at radius 2 is 2.05 bits per heavy atom. The molecule has 5 heteroatoms. The molecule has 1 aromatic carbocycles. The molecule has 1 aromatic rings. The van der Waals surface area contributed by atoms with Gasteiger partial charge in [-0.05, 0) is 30.5 Å². The van der Waals surface area contributed by atoms with E-state index in [1.807, 2.05) is 6.07 Å². The van der Waals surface area contributed by atoms with Crippen LogP contribution in [0.1, 0.15) is 24.3 Å². The number of amides is 1. The first-order chi connectivity index (χ1) is 9.06. The first kappa shape index (κ1) is 12.1. The molecule has 0 bridgehead atoms. The number of hydrogen-bond acceptors (Lipinski definition) is 2. The molecule has 0 aliphatic heterocycles. The molecule has 0 saturated heterocycles. The van der Waals surface area contributed by atoms with E-state index in [1.165, 1.54) is 12.1 Å². The van der Waals surface area contributed by atoms with Gasteiger partial charge in [0, 0.05) is 12.0 Å². The summed E-state index contributed by atoms with van der Waals surface area (Å²) in [5, 5.41) is 11.6. The standard InChI is InChI=1S/C14H14FNO3/c15-8-3-1-2-7(4-8)9-6-12(9)16-13(17)10-5-11(10)14(18)19/h1-4,9-12H,5-6H2,(H,16,17)(H,18,19)/t9-,10?,11?,12+/m0/s1. The van der Waals surface area contributed by atoms with E-state index >= 15 is 0 Å². The molecule has 3 rings (SSSR count). The van der Waals surface area contributed by atoms with E-state index in [-0.39, 0.29) is 29.6 Å². The predicted molar refractivity (Wildman–Crippen MR) is 64.9 cm³/mol. The van der Waals surface area contributed by atoms with Crippen LogP contribution in [0.15, 0.2) is 24.3 Å². The van der Waals surface area contributed by atoms with Crippen molar-refractivity contribution >= 4 is 11.9 Å². The van der Waals surface area contributed by atoms with Gasteiger partial charge in [-0.25, -0.2) is 4.39 Å². The van der Waals surface area contributed by atoms with Crippen LogP contribution in [0.5, 0.6) is 0 Å². The third-order valence-electron chi connectivity index (χ3n) is 3.84. The van der Waals surface area contributed by atoms with Gasteiger partial charge < -0.3 is 10.4 Å². The zero-order chi connectivity index (χ0) is 13.6. The van der Waals surface area contributed by atoms with Gasteiger partial charge in [-0.1, -0.05) is 12.1 Å². The van der Waals surface area contributed by atoms with Gasteiger partial charge in [0.2, 0.25) is 5.91 Å². The quantitative estimate of drug-likeness (QED) is 0.865. The molecule has 4 atom stereocenters. The highest BCUT2D eigenvalue weighted by Crippen LogP contribution is 2.43. The Hall–Kier alpha value is -1.91. The first-order valence-electron chi connectivity index (χ1n) is 6.35. The van der Waals surface area contributed by atoms with Crippen LogP contribution in [-0.2, 0) is 9.59 Å². The van der Waals surface area contributed by atoms with Crippen LogP contribution >= 0.6 is 0 Å². The minimum absolute atomic E-state index is 0.0179. The van der Waals surface area contributed by atoms with Gasteiger partial charge in [0.05, 0.1) is 11.8 Å². The fourth-order valence-electron chi connectivity index (χ4n) is 2.51. The zero-order valence-corrected chi connectivity index (χ0v) is 10.2. The zero-order valence-electron chi connectivity index (χ0n) is 10.2. The first-order valence-corrected chi connectivity index (χ1v) is 6.35. The van der Waals surface area contributed by atoms with Crippen molar-refractivity contribution in [1.82, 2.24) is 5.32 Å². The monoisotopic (exact) mass is 263 g/mol. The summed E-state index contributed by atoms with van der Waals surface area (Å²) >= 11 is 0. The van der Waals surface area contributed by atoms with E-state index < -0.39 is 11.9 Å². The molecule has 2 unspecified atom stereocenters. The number of nitrogens with one attached hydrogen (secondary N) is 1. The lowest BCUT2D eigenvalue weighted by molar-refractivity contribution is -0.140. The third kappa shape index (κ3) is 2.45. The SMILES string of the molecule is O=C(O)C1CC1C(=O)N[C@@H]1C[C@H]1c1cccc(F)c1. The Morgan fingerprint density at radius 3 is 2.68 bits per heavy atom. The lowest BCUT2D eigenvalue weighted by atomic mass is 10.1. The number of halogens is 1. The Balaban J connectivity index is 1.54. The Morgan fingerprint density at radius 1 is 1.26 bits per heavy atom. The lowest BCUT2D eigenvalue weighted by Gasteiger charge is -2.04. The fourth-order valence-corrected chi connectivity index (χ4v) is 2.51. The number of benzene rings is 1. The highest BCUT2D eigenvalue weighted by molar-refractivity contribution is 5.89. The normalized spacial score (nSPS) is 31.6. The summed E-state index contributed by atoms with van der Waals surface area (Å²) in [6, 6.07) is 6.39. The predicted octanol–water partition coefficient (Wildman–Crippen LogP) is 1.52. The minimum atomic E-state index is -0.905. The maximum Gasteiger partial charge on any atom is 0.307 e. The Kier molecular flexibility index (Phi) is 2.77. The molecule has 2 aliphatic carbocycles. The van der Waals surface area contributed by atoms with Gasteiger partial charge in [0.15, 0.2) is 0 Å². The molecule has 2 N–H and O–H groups in total. The molecule has 4 nitrogen and oxygen atoms in total. The second-order valence-electron chi connectivity index (χ2n) is 5.30. The highest BCUT2D eigenvalue weighted by Gasteiger charge is 2.50. The topological polar surface area (TPSA) is 66.4 Å². The Labute approximate surface area is 109 Å². The molecule has 2 aliphatic rings. The van der Waals surface area contributed by atoms with Crippen molar-refractivity contribution in [3.63, 3.8) is 0 Å². The summed E-state index contributed by atoms with van der Waals surface area (Å²) in [6.07, 6.45) is 1.22. The van der Waals surface area contributed by atoms with Crippen LogP contribution in [0.3, 0.4) is 0 Å². The molecule has 1 amide bonds. The van der Waals surface area contributed by atoms with Gasteiger partial charge in [0.25, 0.3) is 0 Å². The molecular weight excluding hydrogens is 249 g/mol. The molecule has 0 aromatic heterocycles. The summed E-state index contributed by atoms with van der Waals surface area (Å²) in [5.41, 5.74) is 0.885. The van der Waals surface area contributed by atoms with Crippen molar-refractivity contribution < 1.29 is 19.1 Å². The number of aliphatic carboxylic acids is 1. The smallest absolute Gasteiger partial charge is 0.307 e. The van der Waals surface area contributed by atoms with E-state index in [0.29, 0.717) is 6.42 Å². The van der Waals surface area contributed by atoms with Gasteiger partial charge in [0.1, 0.15) is 5.82 Å². The average Bonchev–Trinajstić information content (AvgIpc) is 3.23. The lowest BCUT2D eigenvalue weighted by Crippen LogP contribution is -2.29. The molecule has 2 fully saturated rings. The number of carboxylic acids is 1. The van der Waals surface area contributed by atoms with Crippen molar-refractivity contribution in [1.29, 1.82) is 0 Å². The maximum atomic E-state index is 13.1. The molecule has 19 heavy (non-hydrogen) atoms. The average molecular weight is 263 g/mol. The van der Waals surface area contributed by atoms with Crippen molar-refractivity contribution in [3.05, 3.63) is 35.6 Å². The Bertz CT molecular complexity index is 545. The van der Waals surface area contributed by atoms with Crippen molar-refractivity contribution in [3.8, 4) is 0 Å². The van der Waals surface area contributed by atoms with Gasteiger partial charge in [-0.2, -0.15) is 0 Å². The maximum absolute atomic E-state index is 13.1. The van der Waals surface area contributed by atoms with E-state index in [4.69, 9.17) is 5.11 Å². The van der Waals surface area contributed by atoms with E-state index in [9.17, 15) is 14.0 Å². The largest absolute Gasteiger partial charge is 0.481 e. The number of hydrogen-bond donors (Lipinski definition) is 2. The molecular formula is C14H14FNO3. The number of carbonyl (C=O) groups excluding carboxylic acids is 1. The minimum Gasteiger partial charge on any atom is -0.481 e. The second kappa shape index (κ2) is 4.33. The van der Waals surface area contributed by atoms with Gasteiger partial charge in [-0.3, -0.25) is 9.59 Å². The fraction of sp³-hybridized carbons (Fsp3) is 0.429. The van der Waals surface area contributed by atoms with Crippen molar-refractivity contribution in [2.45, 2.75) is 24.8 Å². The van der Waals surface area contributed by atoms with Gasteiger partial charge in [-0.15, -0.1) is 0 Å². The molecule has 0 radical (unpaired) electrons. The molecule has 2 saturated carbocycles. The van der Waals surface area contributed by atoms with E-state index in [2.05, 4.69) is 5.32 Å². The summed E-state index contributed by atoms with van der Waals surface area (Å²) < 4.78 is 13.1. The van der Waals surface area contributed by atoms with Crippen LogP contribution in [0.4, 0.5) is 4.39 Å². The molecule has 0 heterocycles. The second-order valence-corrected chi connectivity index (χ2v) is 5.30. The number of carboxylic acid groups (broad SMARTS) is 1. The van der Waals surface area contributed by atoms with Crippen molar-refractivity contribution in [2.75, 3.05) is 0 Å². The number of carbonyl (C=O) groups is 2. The molecule has 100 valence electrons. The summed E-state index contributed by atoms with van der Waals surface area (Å²) in [7, 11) is 0. The van der Waals surface area contributed by atoms with E-state index in [0.717, 1.165) is 12.0 Å². The van der Waals surface area contributed by atoms with Crippen LogP contribution in [0, 0.1) is 17.7 Å². The van der Waals surface area contributed by atoms with Crippen molar-refractivity contribution in [2.24, 2.45) is 11.8 Å². The van der Waals surface area contributed by atoms with Gasteiger partial charge >= 0.3 is 5.97 Å². The van der Waals surface area contributed by atoms with Crippen LogP contribution in [0.25, 0.3) is 0 Å². The highest BCUT2D eigenvalue weighted by atomic mass is 19.1.